The van der Waals surface area contributed by atoms with Gasteiger partial charge in [0.1, 0.15) is 0 Å². The predicted octanol–water partition coefficient (Wildman–Crippen LogP) is 1.65. The first-order valence-corrected chi connectivity index (χ1v) is 7.85. The highest BCUT2D eigenvalue weighted by molar-refractivity contribution is 5.45. The van der Waals surface area contributed by atoms with Crippen LogP contribution in [-0.2, 0) is 13.0 Å². The number of anilines is 1. The molecule has 22 heavy (non-hydrogen) atoms. The van der Waals surface area contributed by atoms with Gasteiger partial charge in [-0.2, -0.15) is 0 Å². The largest absolute Gasteiger partial charge is 0.369 e. The van der Waals surface area contributed by atoms with Crippen LogP contribution in [0.15, 0.2) is 41.5 Å². The third-order valence-electron chi connectivity index (χ3n) is 4.21. The van der Waals surface area contributed by atoms with Crippen molar-refractivity contribution >= 4 is 5.69 Å². The Morgan fingerprint density at radius 2 is 2.05 bits per heavy atom. The smallest absolute Gasteiger partial charge is 0.249 e. The van der Waals surface area contributed by atoms with Crippen LogP contribution in [0.3, 0.4) is 0 Å². The average molecular weight is 298 g/mol. The van der Waals surface area contributed by atoms with Gasteiger partial charge in [0.2, 0.25) is 5.56 Å². The summed E-state index contributed by atoms with van der Waals surface area (Å²) in [5.41, 5.74) is 3.50. The molecule has 116 valence electrons. The number of nitrogens with zero attached hydrogens (tertiary/aromatic N) is 3. The molecule has 0 aliphatic carbocycles. The summed E-state index contributed by atoms with van der Waals surface area (Å²) in [5, 5.41) is 0. The molecule has 0 amide bonds. The Labute approximate surface area is 130 Å². The van der Waals surface area contributed by atoms with E-state index in [0.29, 0.717) is 0 Å². The molecule has 1 fully saturated rings. The van der Waals surface area contributed by atoms with Gasteiger partial charge in [0.05, 0.1) is 0 Å². The van der Waals surface area contributed by atoms with Crippen LogP contribution in [0.2, 0.25) is 0 Å². The van der Waals surface area contributed by atoms with Crippen LogP contribution < -0.4 is 10.5 Å². The fourth-order valence-corrected chi connectivity index (χ4v) is 2.97. The van der Waals surface area contributed by atoms with Crippen LogP contribution in [0.4, 0.5) is 5.69 Å². The minimum Gasteiger partial charge on any atom is -0.369 e. The summed E-state index contributed by atoms with van der Waals surface area (Å²) in [4.78, 5) is 23.3. The van der Waals surface area contributed by atoms with Gasteiger partial charge in [0, 0.05) is 62.6 Å². The molecule has 3 rings (SSSR count). The molecule has 0 aromatic carbocycles. The molecule has 0 unspecified atom stereocenters. The van der Waals surface area contributed by atoms with Gasteiger partial charge in [-0.25, -0.2) is 0 Å². The number of nitrogens with one attached hydrogen (secondary N) is 1. The highest BCUT2D eigenvalue weighted by Gasteiger charge is 2.18. The Bertz CT molecular complexity index is 674. The molecule has 1 aliphatic rings. The van der Waals surface area contributed by atoms with Gasteiger partial charge in [-0.05, 0) is 24.1 Å². The first-order valence-electron chi connectivity index (χ1n) is 7.85. The molecule has 5 heteroatoms. The van der Waals surface area contributed by atoms with Gasteiger partial charge in [-0.3, -0.25) is 14.7 Å². The van der Waals surface area contributed by atoms with E-state index in [-0.39, 0.29) is 5.56 Å². The van der Waals surface area contributed by atoms with Crippen LogP contribution in [0.1, 0.15) is 18.2 Å². The molecule has 0 atom stereocenters. The van der Waals surface area contributed by atoms with Crippen LogP contribution in [0.5, 0.6) is 0 Å². The Morgan fingerprint density at radius 3 is 2.77 bits per heavy atom. The molecule has 3 heterocycles. The van der Waals surface area contributed by atoms with Crippen molar-refractivity contribution in [2.75, 3.05) is 31.1 Å². The standard InChI is InChI=1S/C17H22N4O/c1-2-16-14(4-3-6-18-16)13-20-8-10-21(11-9-20)15-5-7-19-17(22)12-15/h3-7,12H,2,8-11,13H2,1H3,(H,19,22). The van der Waals surface area contributed by atoms with Gasteiger partial charge in [-0.15, -0.1) is 0 Å². The number of aromatic amines is 1. The fourth-order valence-electron chi connectivity index (χ4n) is 2.97. The topological polar surface area (TPSA) is 52.2 Å². The number of hydrogen-bond acceptors (Lipinski definition) is 4. The monoisotopic (exact) mass is 298 g/mol. The molecule has 1 aliphatic heterocycles. The van der Waals surface area contributed by atoms with Crippen LogP contribution in [0, 0.1) is 0 Å². The van der Waals surface area contributed by atoms with E-state index in [1.165, 1.54) is 11.3 Å². The first kappa shape index (κ1) is 14.8. The predicted molar refractivity (Wildman–Crippen MR) is 88.2 cm³/mol. The van der Waals surface area contributed by atoms with Crippen molar-refractivity contribution in [2.24, 2.45) is 0 Å². The molecule has 0 bridgehead atoms. The summed E-state index contributed by atoms with van der Waals surface area (Å²) >= 11 is 0. The van der Waals surface area contributed by atoms with E-state index >= 15 is 0 Å². The molecule has 1 saturated heterocycles. The van der Waals surface area contributed by atoms with Crippen LogP contribution in [0.25, 0.3) is 0 Å². The second-order valence-electron chi connectivity index (χ2n) is 5.64. The molecule has 2 aromatic heterocycles. The Kier molecular flexibility index (Phi) is 4.53. The molecule has 2 aromatic rings. The normalized spacial score (nSPS) is 16.0. The minimum atomic E-state index is -0.0390. The molecular formula is C17H22N4O. The third kappa shape index (κ3) is 3.36. The summed E-state index contributed by atoms with van der Waals surface area (Å²) in [6.45, 7) is 7.02. The lowest BCUT2D eigenvalue weighted by Crippen LogP contribution is -2.46. The lowest BCUT2D eigenvalue weighted by Gasteiger charge is -2.36. The fraction of sp³-hybridized carbons (Fsp3) is 0.412. The number of aromatic nitrogens is 2. The Balaban J connectivity index is 1.61. The summed E-state index contributed by atoms with van der Waals surface area (Å²) in [5.74, 6) is 0. The first-order chi connectivity index (χ1) is 10.8. The van der Waals surface area contributed by atoms with E-state index in [2.05, 4.69) is 32.8 Å². The second kappa shape index (κ2) is 6.75. The third-order valence-corrected chi connectivity index (χ3v) is 4.21. The maximum Gasteiger partial charge on any atom is 0.249 e. The van der Waals surface area contributed by atoms with Crippen molar-refractivity contribution in [1.29, 1.82) is 0 Å². The zero-order valence-corrected chi connectivity index (χ0v) is 13.0. The Morgan fingerprint density at radius 1 is 1.23 bits per heavy atom. The van der Waals surface area contributed by atoms with E-state index in [1.54, 1.807) is 12.3 Å². The zero-order chi connectivity index (χ0) is 15.4. The minimum absolute atomic E-state index is 0.0390. The van der Waals surface area contributed by atoms with Gasteiger partial charge in [0.15, 0.2) is 0 Å². The molecule has 0 saturated carbocycles. The summed E-state index contributed by atoms with van der Waals surface area (Å²) in [7, 11) is 0. The molecule has 0 radical (unpaired) electrons. The molecule has 1 N–H and O–H groups in total. The number of piperazine rings is 1. The van der Waals surface area contributed by atoms with Crippen LogP contribution >= 0.6 is 0 Å². The van der Waals surface area contributed by atoms with E-state index < -0.39 is 0 Å². The van der Waals surface area contributed by atoms with E-state index in [1.807, 2.05) is 18.3 Å². The molecule has 5 nitrogen and oxygen atoms in total. The van der Waals surface area contributed by atoms with Gasteiger partial charge in [-0.1, -0.05) is 13.0 Å². The Hall–Kier alpha value is -2.14. The van der Waals surface area contributed by atoms with Crippen molar-refractivity contribution in [3.8, 4) is 0 Å². The van der Waals surface area contributed by atoms with Gasteiger partial charge < -0.3 is 9.88 Å². The number of rotatable bonds is 4. The zero-order valence-electron chi connectivity index (χ0n) is 13.0. The molecule has 0 spiro atoms. The van der Waals surface area contributed by atoms with Crippen LogP contribution in [-0.4, -0.2) is 41.0 Å². The lowest BCUT2D eigenvalue weighted by molar-refractivity contribution is 0.249. The SMILES string of the molecule is CCc1ncccc1CN1CCN(c2cc[nH]c(=O)c2)CC1. The van der Waals surface area contributed by atoms with E-state index in [0.717, 1.165) is 44.8 Å². The lowest BCUT2D eigenvalue weighted by atomic mass is 10.1. The highest BCUT2D eigenvalue weighted by atomic mass is 16.1. The van der Waals surface area contributed by atoms with Crippen molar-refractivity contribution in [2.45, 2.75) is 19.9 Å². The summed E-state index contributed by atoms with van der Waals surface area (Å²) in [6.07, 6.45) is 4.56. The van der Waals surface area contributed by atoms with Crippen molar-refractivity contribution in [3.05, 3.63) is 58.3 Å². The summed E-state index contributed by atoms with van der Waals surface area (Å²) in [6, 6.07) is 7.83. The van der Waals surface area contributed by atoms with E-state index in [4.69, 9.17) is 0 Å². The number of aryl methyl sites for hydroxylation is 1. The van der Waals surface area contributed by atoms with Gasteiger partial charge >= 0.3 is 0 Å². The average Bonchev–Trinajstić information content (AvgIpc) is 2.56. The van der Waals surface area contributed by atoms with E-state index in [9.17, 15) is 4.79 Å². The number of pyridine rings is 2. The maximum absolute atomic E-state index is 11.4. The highest BCUT2D eigenvalue weighted by Crippen LogP contribution is 2.16. The van der Waals surface area contributed by atoms with Gasteiger partial charge in [0.25, 0.3) is 0 Å². The molecular weight excluding hydrogens is 276 g/mol. The van der Waals surface area contributed by atoms with Crippen molar-refractivity contribution in [1.82, 2.24) is 14.9 Å². The van der Waals surface area contributed by atoms with Crippen molar-refractivity contribution in [3.63, 3.8) is 0 Å². The second-order valence-corrected chi connectivity index (χ2v) is 5.64. The maximum atomic E-state index is 11.4. The number of H-pyrrole nitrogens is 1. The van der Waals surface area contributed by atoms with Crippen molar-refractivity contribution < 1.29 is 0 Å². The summed E-state index contributed by atoms with van der Waals surface area (Å²) < 4.78 is 0. The number of hydrogen-bond donors (Lipinski definition) is 1. The quantitative estimate of drug-likeness (QED) is 0.932.